The number of hydrogen-bond donors (Lipinski definition) is 2. The van der Waals surface area contributed by atoms with Crippen molar-refractivity contribution < 1.29 is 19.2 Å². The number of halogens is 1. The predicted octanol–water partition coefficient (Wildman–Crippen LogP) is 2.35. The summed E-state index contributed by atoms with van der Waals surface area (Å²) >= 11 is 5.79. The van der Waals surface area contributed by atoms with Crippen molar-refractivity contribution >= 4 is 34.9 Å². The van der Waals surface area contributed by atoms with E-state index in [1.54, 1.807) is 12.1 Å². The Balaban J connectivity index is 1.78. The molecule has 2 aromatic rings. The van der Waals surface area contributed by atoms with E-state index in [1.165, 1.54) is 6.07 Å². The lowest BCUT2D eigenvalue weighted by molar-refractivity contribution is -0.384. The monoisotopic (exact) mass is 377 g/mol. The molecule has 3 N–H and O–H groups in total. The summed E-state index contributed by atoms with van der Waals surface area (Å²) in [7, 11) is 0. The van der Waals surface area contributed by atoms with E-state index in [1.807, 2.05) is 12.1 Å². The standard InChI is InChI=1S/C17H16ClN3O5/c18-12-3-1-11(2-4-12)7-8-20-16(22)10-26-17(23)14-6-5-13(21(24)25)9-15(14)19/h1-6,9H,7-8,10,19H2,(H,20,22). The van der Waals surface area contributed by atoms with Gasteiger partial charge in [-0.2, -0.15) is 0 Å². The second kappa shape index (κ2) is 8.82. The third-order valence-corrected chi connectivity index (χ3v) is 3.70. The summed E-state index contributed by atoms with van der Waals surface area (Å²) in [5, 5.41) is 13.9. The van der Waals surface area contributed by atoms with Gasteiger partial charge in [-0.1, -0.05) is 23.7 Å². The lowest BCUT2D eigenvalue weighted by Gasteiger charge is -2.08. The quantitative estimate of drug-likeness (QED) is 0.330. The van der Waals surface area contributed by atoms with Gasteiger partial charge in [0.25, 0.3) is 11.6 Å². The van der Waals surface area contributed by atoms with Crippen molar-refractivity contribution in [3.05, 3.63) is 68.7 Å². The molecule has 1 amide bonds. The molecule has 0 aliphatic heterocycles. The smallest absolute Gasteiger partial charge is 0.340 e. The van der Waals surface area contributed by atoms with Gasteiger partial charge >= 0.3 is 5.97 Å². The Morgan fingerprint density at radius 3 is 2.50 bits per heavy atom. The highest BCUT2D eigenvalue weighted by Gasteiger charge is 2.16. The average Bonchev–Trinajstić information content (AvgIpc) is 2.61. The lowest BCUT2D eigenvalue weighted by Crippen LogP contribution is -2.30. The first-order valence-corrected chi connectivity index (χ1v) is 7.97. The number of carbonyl (C=O) groups excluding carboxylic acids is 2. The maximum Gasteiger partial charge on any atom is 0.340 e. The van der Waals surface area contributed by atoms with Crippen molar-refractivity contribution in [1.82, 2.24) is 5.32 Å². The van der Waals surface area contributed by atoms with Crippen LogP contribution >= 0.6 is 11.6 Å². The summed E-state index contributed by atoms with van der Waals surface area (Å²) in [5.41, 5.74) is 6.25. The Hall–Kier alpha value is -3.13. The van der Waals surface area contributed by atoms with Gasteiger partial charge in [-0.25, -0.2) is 4.79 Å². The average molecular weight is 378 g/mol. The van der Waals surface area contributed by atoms with Crippen LogP contribution < -0.4 is 11.1 Å². The number of hydrogen-bond acceptors (Lipinski definition) is 6. The Labute approximate surface area is 154 Å². The number of rotatable bonds is 7. The molecule has 0 spiro atoms. The summed E-state index contributed by atoms with van der Waals surface area (Å²) in [5.74, 6) is -1.29. The molecule has 0 saturated carbocycles. The fourth-order valence-electron chi connectivity index (χ4n) is 2.11. The van der Waals surface area contributed by atoms with Crippen LogP contribution in [0.4, 0.5) is 11.4 Å². The number of anilines is 1. The topological polar surface area (TPSA) is 125 Å². The van der Waals surface area contributed by atoms with E-state index in [-0.39, 0.29) is 16.9 Å². The van der Waals surface area contributed by atoms with Crippen molar-refractivity contribution in [3.8, 4) is 0 Å². The molecule has 0 aromatic heterocycles. The molecule has 2 rings (SSSR count). The number of nitro groups is 1. The van der Waals surface area contributed by atoms with Gasteiger partial charge in [0, 0.05) is 23.7 Å². The van der Waals surface area contributed by atoms with Gasteiger partial charge in [-0.15, -0.1) is 0 Å². The molecule has 136 valence electrons. The Morgan fingerprint density at radius 1 is 1.19 bits per heavy atom. The molecule has 0 heterocycles. The van der Waals surface area contributed by atoms with Crippen molar-refractivity contribution in [1.29, 1.82) is 0 Å². The predicted molar refractivity (Wildman–Crippen MR) is 96.0 cm³/mol. The number of nitro benzene ring substituents is 1. The summed E-state index contributed by atoms with van der Waals surface area (Å²) in [6.07, 6.45) is 0.603. The minimum absolute atomic E-state index is 0.0374. The zero-order chi connectivity index (χ0) is 19.1. The van der Waals surface area contributed by atoms with Crippen LogP contribution in [0, 0.1) is 10.1 Å². The molecule has 0 radical (unpaired) electrons. The zero-order valence-corrected chi connectivity index (χ0v) is 14.4. The van der Waals surface area contributed by atoms with Gasteiger partial charge in [0.1, 0.15) is 0 Å². The fraction of sp³-hybridized carbons (Fsp3) is 0.176. The molecular formula is C17H16ClN3O5. The molecule has 2 aromatic carbocycles. The van der Waals surface area contributed by atoms with Gasteiger partial charge in [0.2, 0.25) is 0 Å². The van der Waals surface area contributed by atoms with Crippen molar-refractivity contribution in [2.24, 2.45) is 0 Å². The molecule has 0 bridgehead atoms. The molecule has 0 unspecified atom stereocenters. The minimum atomic E-state index is -0.828. The Bertz CT molecular complexity index is 824. The number of nitrogens with one attached hydrogen (secondary N) is 1. The van der Waals surface area contributed by atoms with Crippen LogP contribution in [0.5, 0.6) is 0 Å². The number of ether oxygens (including phenoxy) is 1. The molecular weight excluding hydrogens is 362 g/mol. The molecule has 0 aliphatic carbocycles. The largest absolute Gasteiger partial charge is 0.452 e. The first-order chi connectivity index (χ1) is 12.4. The first-order valence-electron chi connectivity index (χ1n) is 7.59. The number of carbonyl (C=O) groups is 2. The maximum atomic E-state index is 11.9. The van der Waals surface area contributed by atoms with Gasteiger partial charge in [0.05, 0.1) is 16.2 Å². The van der Waals surface area contributed by atoms with E-state index in [2.05, 4.69) is 5.32 Å². The third-order valence-electron chi connectivity index (χ3n) is 3.45. The van der Waals surface area contributed by atoms with E-state index in [4.69, 9.17) is 22.1 Å². The highest BCUT2D eigenvalue weighted by atomic mass is 35.5. The van der Waals surface area contributed by atoms with Gasteiger partial charge in [-0.3, -0.25) is 14.9 Å². The van der Waals surface area contributed by atoms with E-state index in [0.29, 0.717) is 18.0 Å². The number of nitrogen functional groups attached to an aromatic ring is 1. The summed E-state index contributed by atoms with van der Waals surface area (Å²) in [6.45, 7) is -0.104. The number of non-ortho nitro benzene ring substituents is 1. The molecule has 0 aliphatic rings. The van der Waals surface area contributed by atoms with Gasteiger partial charge < -0.3 is 15.8 Å². The molecule has 9 heteroatoms. The molecule has 0 saturated heterocycles. The molecule has 0 fully saturated rings. The summed E-state index contributed by atoms with van der Waals surface area (Å²) in [4.78, 5) is 33.7. The van der Waals surface area contributed by atoms with Crippen LogP contribution in [-0.2, 0) is 16.0 Å². The van der Waals surface area contributed by atoms with E-state index in [9.17, 15) is 19.7 Å². The lowest BCUT2D eigenvalue weighted by atomic mass is 10.1. The summed E-state index contributed by atoms with van der Waals surface area (Å²) < 4.78 is 4.87. The highest BCUT2D eigenvalue weighted by Crippen LogP contribution is 2.20. The first kappa shape index (κ1) is 19.2. The van der Waals surface area contributed by atoms with Crippen LogP contribution in [-0.4, -0.2) is 30.0 Å². The van der Waals surface area contributed by atoms with Crippen LogP contribution in [0.3, 0.4) is 0 Å². The number of nitrogens with zero attached hydrogens (tertiary/aromatic N) is 1. The van der Waals surface area contributed by atoms with E-state index >= 15 is 0 Å². The number of esters is 1. The number of nitrogens with two attached hydrogens (primary N) is 1. The second-order valence-corrected chi connectivity index (χ2v) is 5.77. The SMILES string of the molecule is Nc1cc([N+](=O)[O-])ccc1C(=O)OCC(=O)NCCc1ccc(Cl)cc1. The second-order valence-electron chi connectivity index (χ2n) is 5.33. The molecule has 26 heavy (non-hydrogen) atoms. The molecule has 8 nitrogen and oxygen atoms in total. The molecule has 0 atom stereocenters. The normalized spacial score (nSPS) is 10.2. The number of benzene rings is 2. The van der Waals surface area contributed by atoms with Crippen molar-refractivity contribution in [3.63, 3.8) is 0 Å². The van der Waals surface area contributed by atoms with E-state index < -0.39 is 23.4 Å². The van der Waals surface area contributed by atoms with Gasteiger partial charge in [0.15, 0.2) is 6.61 Å². The van der Waals surface area contributed by atoms with Crippen LogP contribution in [0.15, 0.2) is 42.5 Å². The van der Waals surface area contributed by atoms with Crippen molar-refractivity contribution in [2.75, 3.05) is 18.9 Å². The van der Waals surface area contributed by atoms with Crippen molar-refractivity contribution in [2.45, 2.75) is 6.42 Å². The van der Waals surface area contributed by atoms with Crippen LogP contribution in [0.1, 0.15) is 15.9 Å². The third kappa shape index (κ3) is 5.45. The Kier molecular flexibility index (Phi) is 6.51. The number of amides is 1. The summed E-state index contributed by atoms with van der Waals surface area (Å²) in [6, 6.07) is 10.6. The highest BCUT2D eigenvalue weighted by molar-refractivity contribution is 6.30. The van der Waals surface area contributed by atoms with E-state index in [0.717, 1.165) is 17.7 Å². The minimum Gasteiger partial charge on any atom is -0.452 e. The Morgan fingerprint density at radius 2 is 1.88 bits per heavy atom. The fourth-order valence-corrected chi connectivity index (χ4v) is 2.23. The maximum absolute atomic E-state index is 11.9. The zero-order valence-electron chi connectivity index (χ0n) is 13.6. The van der Waals surface area contributed by atoms with Crippen LogP contribution in [0.2, 0.25) is 5.02 Å². The van der Waals surface area contributed by atoms with Crippen LogP contribution in [0.25, 0.3) is 0 Å². The van der Waals surface area contributed by atoms with Gasteiger partial charge in [-0.05, 0) is 30.2 Å².